The lowest BCUT2D eigenvalue weighted by Gasteiger charge is -2.22. The quantitative estimate of drug-likeness (QED) is 0.835. The van der Waals surface area contributed by atoms with E-state index in [0.29, 0.717) is 10.8 Å². The van der Waals surface area contributed by atoms with Gasteiger partial charge in [-0.05, 0) is 26.0 Å². The summed E-state index contributed by atoms with van der Waals surface area (Å²) >= 11 is 7.12. The van der Waals surface area contributed by atoms with E-state index in [1.807, 2.05) is 6.07 Å². The van der Waals surface area contributed by atoms with Gasteiger partial charge in [-0.25, -0.2) is 4.39 Å². The Morgan fingerprint density at radius 3 is 2.62 bits per heavy atom. The molecule has 1 aromatic rings. The van der Waals surface area contributed by atoms with Crippen LogP contribution in [0, 0.1) is 0 Å². The summed E-state index contributed by atoms with van der Waals surface area (Å²) < 4.78 is 14.1. The molecule has 1 nitrogen and oxygen atoms in total. The van der Waals surface area contributed by atoms with Gasteiger partial charge in [0.15, 0.2) is 0 Å². The summed E-state index contributed by atoms with van der Waals surface area (Å²) in [7, 11) is 0. The molecular formula is C9H13ClFNS. The molecule has 0 radical (unpaired) electrons. The third kappa shape index (κ3) is 3.25. The molecule has 1 unspecified atom stereocenters. The number of halogens is 2. The van der Waals surface area contributed by atoms with Gasteiger partial charge >= 0.3 is 0 Å². The lowest BCUT2D eigenvalue weighted by Crippen LogP contribution is -2.43. The Kier molecular flexibility index (Phi) is 3.33. The van der Waals surface area contributed by atoms with Gasteiger partial charge in [0.2, 0.25) is 0 Å². The highest BCUT2D eigenvalue weighted by Gasteiger charge is 2.25. The van der Waals surface area contributed by atoms with Gasteiger partial charge in [-0.1, -0.05) is 11.6 Å². The molecule has 0 saturated carbocycles. The van der Waals surface area contributed by atoms with Crippen LogP contribution in [-0.2, 0) is 6.42 Å². The van der Waals surface area contributed by atoms with E-state index in [0.717, 1.165) is 4.88 Å². The van der Waals surface area contributed by atoms with Crippen molar-refractivity contribution in [3.05, 3.63) is 21.3 Å². The van der Waals surface area contributed by atoms with Crippen LogP contribution in [-0.4, -0.2) is 11.7 Å². The summed E-state index contributed by atoms with van der Waals surface area (Å²) in [5, 5.41) is 0. The van der Waals surface area contributed by atoms with Gasteiger partial charge in [-0.3, -0.25) is 0 Å². The van der Waals surface area contributed by atoms with Crippen LogP contribution in [0.25, 0.3) is 0 Å². The van der Waals surface area contributed by atoms with Gasteiger partial charge in [0.1, 0.15) is 6.17 Å². The van der Waals surface area contributed by atoms with E-state index < -0.39 is 11.7 Å². The Morgan fingerprint density at radius 2 is 2.23 bits per heavy atom. The van der Waals surface area contributed by atoms with Crippen LogP contribution in [0.1, 0.15) is 18.7 Å². The predicted molar refractivity (Wildman–Crippen MR) is 56.2 cm³/mol. The van der Waals surface area contributed by atoms with Crippen LogP contribution in [0.5, 0.6) is 0 Å². The van der Waals surface area contributed by atoms with Gasteiger partial charge in [0.05, 0.1) is 4.34 Å². The van der Waals surface area contributed by atoms with Crippen molar-refractivity contribution in [3.8, 4) is 0 Å². The van der Waals surface area contributed by atoms with Crippen molar-refractivity contribution in [2.24, 2.45) is 5.73 Å². The summed E-state index contributed by atoms with van der Waals surface area (Å²) in [6, 6.07) is 3.61. The molecule has 0 aliphatic heterocycles. The zero-order valence-corrected chi connectivity index (χ0v) is 9.25. The highest BCUT2D eigenvalue weighted by atomic mass is 35.5. The molecule has 1 heterocycles. The smallest absolute Gasteiger partial charge is 0.122 e. The first-order valence-electron chi connectivity index (χ1n) is 4.07. The fourth-order valence-electron chi connectivity index (χ4n) is 0.901. The van der Waals surface area contributed by atoms with Crippen molar-refractivity contribution >= 4 is 22.9 Å². The highest BCUT2D eigenvalue weighted by Crippen LogP contribution is 2.25. The lowest BCUT2D eigenvalue weighted by atomic mass is 9.97. The molecule has 0 aliphatic carbocycles. The zero-order chi connectivity index (χ0) is 10.1. The highest BCUT2D eigenvalue weighted by molar-refractivity contribution is 7.16. The van der Waals surface area contributed by atoms with E-state index in [9.17, 15) is 4.39 Å². The van der Waals surface area contributed by atoms with Crippen molar-refractivity contribution < 1.29 is 4.39 Å². The molecule has 1 atom stereocenters. The first-order valence-corrected chi connectivity index (χ1v) is 5.26. The maximum absolute atomic E-state index is 13.4. The van der Waals surface area contributed by atoms with Crippen LogP contribution >= 0.6 is 22.9 Å². The van der Waals surface area contributed by atoms with Crippen molar-refractivity contribution in [1.29, 1.82) is 0 Å². The maximum Gasteiger partial charge on any atom is 0.122 e. The number of rotatable bonds is 3. The summed E-state index contributed by atoms with van der Waals surface area (Å²) in [4.78, 5) is 0.941. The van der Waals surface area contributed by atoms with Crippen molar-refractivity contribution in [2.75, 3.05) is 0 Å². The van der Waals surface area contributed by atoms with Crippen molar-refractivity contribution in [2.45, 2.75) is 32.0 Å². The molecule has 0 aliphatic rings. The number of alkyl halides is 1. The summed E-state index contributed by atoms with van der Waals surface area (Å²) in [6.07, 6.45) is -0.678. The molecule has 0 aromatic carbocycles. The Labute approximate surface area is 86.7 Å². The third-order valence-electron chi connectivity index (χ3n) is 1.82. The molecule has 0 spiro atoms. The first-order chi connectivity index (χ1) is 5.89. The van der Waals surface area contributed by atoms with Gasteiger partial charge in [0, 0.05) is 16.8 Å². The van der Waals surface area contributed by atoms with E-state index in [-0.39, 0.29) is 0 Å². The molecule has 13 heavy (non-hydrogen) atoms. The fourth-order valence-corrected chi connectivity index (χ4v) is 2.01. The van der Waals surface area contributed by atoms with Gasteiger partial charge < -0.3 is 5.73 Å². The number of hydrogen-bond donors (Lipinski definition) is 1. The molecule has 2 N–H and O–H groups in total. The van der Waals surface area contributed by atoms with Gasteiger partial charge in [-0.15, -0.1) is 11.3 Å². The minimum absolute atomic E-state index is 0.348. The third-order valence-corrected chi connectivity index (χ3v) is 3.07. The van der Waals surface area contributed by atoms with Crippen LogP contribution in [0.3, 0.4) is 0 Å². The standard InChI is InChI=1S/C9H13ClFNS/c1-9(2,12)7(11)5-6-3-4-8(10)13-6/h3-4,7H,5,12H2,1-2H3. The van der Waals surface area contributed by atoms with Crippen LogP contribution in [0.4, 0.5) is 4.39 Å². The van der Waals surface area contributed by atoms with E-state index >= 15 is 0 Å². The van der Waals surface area contributed by atoms with E-state index in [1.54, 1.807) is 19.9 Å². The zero-order valence-electron chi connectivity index (χ0n) is 7.68. The Balaban J connectivity index is 2.60. The Bertz CT molecular complexity index is 279. The molecular weight excluding hydrogens is 209 g/mol. The Hall–Kier alpha value is -0.120. The molecule has 1 rings (SSSR count). The number of hydrogen-bond acceptors (Lipinski definition) is 2. The SMILES string of the molecule is CC(C)(N)C(F)Cc1ccc(Cl)s1. The largest absolute Gasteiger partial charge is 0.323 e. The molecule has 0 amide bonds. The topological polar surface area (TPSA) is 26.0 Å². The molecule has 74 valence electrons. The van der Waals surface area contributed by atoms with Crippen molar-refractivity contribution in [3.63, 3.8) is 0 Å². The normalized spacial score (nSPS) is 14.5. The monoisotopic (exact) mass is 221 g/mol. The minimum Gasteiger partial charge on any atom is -0.323 e. The average Bonchev–Trinajstić information content (AvgIpc) is 2.33. The maximum atomic E-state index is 13.4. The molecule has 0 bridgehead atoms. The van der Waals surface area contributed by atoms with E-state index in [4.69, 9.17) is 17.3 Å². The summed E-state index contributed by atoms with van der Waals surface area (Å²) in [5.41, 5.74) is 4.85. The van der Waals surface area contributed by atoms with E-state index in [2.05, 4.69) is 0 Å². The number of thiophene rings is 1. The predicted octanol–water partition coefficient (Wildman–Crippen LogP) is 3.02. The molecule has 1 aromatic heterocycles. The second-order valence-corrected chi connectivity index (χ2v) is 5.50. The average molecular weight is 222 g/mol. The first kappa shape index (κ1) is 11.0. The van der Waals surface area contributed by atoms with Gasteiger partial charge in [0.25, 0.3) is 0 Å². The van der Waals surface area contributed by atoms with Gasteiger partial charge in [-0.2, -0.15) is 0 Å². The van der Waals surface area contributed by atoms with Crippen LogP contribution < -0.4 is 5.73 Å². The van der Waals surface area contributed by atoms with E-state index in [1.165, 1.54) is 11.3 Å². The Morgan fingerprint density at radius 1 is 1.62 bits per heavy atom. The van der Waals surface area contributed by atoms with Crippen molar-refractivity contribution in [1.82, 2.24) is 0 Å². The number of nitrogens with two attached hydrogens (primary N) is 1. The molecule has 0 saturated heterocycles. The summed E-state index contributed by atoms with van der Waals surface area (Å²) in [6.45, 7) is 3.37. The van der Waals surface area contributed by atoms with Crippen LogP contribution in [0.2, 0.25) is 4.34 Å². The molecule has 4 heteroatoms. The second-order valence-electron chi connectivity index (χ2n) is 3.70. The van der Waals surface area contributed by atoms with Crippen LogP contribution in [0.15, 0.2) is 12.1 Å². The fraction of sp³-hybridized carbons (Fsp3) is 0.556. The minimum atomic E-state index is -1.03. The lowest BCUT2D eigenvalue weighted by molar-refractivity contribution is 0.219. The summed E-state index contributed by atoms with van der Waals surface area (Å²) in [5.74, 6) is 0. The molecule has 0 fully saturated rings. The second kappa shape index (κ2) is 3.95.